The van der Waals surface area contributed by atoms with Crippen molar-refractivity contribution in [3.8, 4) is 0 Å². The second-order valence-electron chi connectivity index (χ2n) is 3.13. The Labute approximate surface area is 88.6 Å². The Balaban J connectivity index is 2.92. The summed E-state index contributed by atoms with van der Waals surface area (Å²) in [4.78, 5) is 3.76. The van der Waals surface area contributed by atoms with Crippen LogP contribution >= 0.6 is 0 Å². The maximum atomic E-state index is 12.9. The van der Waals surface area contributed by atoms with E-state index in [1.165, 1.54) is 32.3 Å². The third-order valence-corrected chi connectivity index (χ3v) is 3.18. The van der Waals surface area contributed by atoms with Crippen molar-refractivity contribution in [1.29, 1.82) is 0 Å². The highest BCUT2D eigenvalue weighted by Crippen LogP contribution is 2.19. The molecule has 0 aliphatic heterocycles. The van der Waals surface area contributed by atoms with E-state index in [9.17, 15) is 12.8 Å². The first-order valence-corrected chi connectivity index (χ1v) is 6.19. The number of hydrogen-bond acceptors (Lipinski definition) is 3. The van der Waals surface area contributed by atoms with Crippen molar-refractivity contribution in [1.82, 2.24) is 4.98 Å². The van der Waals surface area contributed by atoms with Gasteiger partial charge in [-0.2, -0.15) is 0 Å². The van der Waals surface area contributed by atoms with Gasteiger partial charge in [-0.3, -0.25) is 9.71 Å². The average Bonchev–Trinajstić information content (AvgIpc) is 2.17. The van der Waals surface area contributed by atoms with Gasteiger partial charge in [0.2, 0.25) is 10.0 Å². The molecular formula is C9H13FN2O2S. The molecule has 1 N–H and O–H groups in total. The van der Waals surface area contributed by atoms with Crippen molar-refractivity contribution in [3.05, 3.63) is 24.0 Å². The summed E-state index contributed by atoms with van der Waals surface area (Å²) >= 11 is 0. The Morgan fingerprint density at radius 2 is 2.20 bits per heavy atom. The number of sulfonamides is 1. The molecule has 0 aromatic carbocycles. The molecule has 6 heteroatoms. The third kappa shape index (κ3) is 3.47. The zero-order valence-electron chi connectivity index (χ0n) is 8.57. The second-order valence-corrected chi connectivity index (χ2v) is 5.14. The molecule has 1 rings (SSSR count). The van der Waals surface area contributed by atoms with Crippen LogP contribution in [0.3, 0.4) is 0 Å². The van der Waals surface area contributed by atoms with Crippen LogP contribution in [-0.4, -0.2) is 19.2 Å². The fraction of sp³-hybridized carbons (Fsp3) is 0.444. The lowest BCUT2D eigenvalue weighted by molar-refractivity contribution is 0.373. The van der Waals surface area contributed by atoms with Gasteiger partial charge in [-0.25, -0.2) is 12.8 Å². The number of rotatable bonds is 4. The second kappa shape index (κ2) is 4.57. The van der Waals surface area contributed by atoms with Crippen LogP contribution in [0, 0.1) is 0 Å². The summed E-state index contributed by atoms with van der Waals surface area (Å²) in [5.41, 5.74) is 0.644. The fourth-order valence-electron chi connectivity index (χ4n) is 0.983. The van der Waals surface area contributed by atoms with Crippen molar-refractivity contribution in [2.75, 3.05) is 10.5 Å². The van der Waals surface area contributed by atoms with E-state index in [1.54, 1.807) is 0 Å². The Hall–Kier alpha value is -1.17. The monoisotopic (exact) mass is 232 g/mol. The summed E-state index contributed by atoms with van der Waals surface area (Å²) in [5, 5.41) is 0. The number of halogens is 1. The minimum Gasteiger partial charge on any atom is -0.282 e. The largest absolute Gasteiger partial charge is 0.282 e. The smallest absolute Gasteiger partial charge is 0.232 e. The highest BCUT2D eigenvalue weighted by molar-refractivity contribution is 7.92. The van der Waals surface area contributed by atoms with Gasteiger partial charge in [-0.15, -0.1) is 0 Å². The molecule has 15 heavy (non-hydrogen) atoms. The maximum Gasteiger partial charge on any atom is 0.232 e. The van der Waals surface area contributed by atoms with Gasteiger partial charge in [0.1, 0.15) is 6.17 Å². The van der Waals surface area contributed by atoms with Crippen LogP contribution in [0.15, 0.2) is 18.5 Å². The molecule has 0 amide bonds. The van der Waals surface area contributed by atoms with Crippen molar-refractivity contribution in [2.24, 2.45) is 0 Å². The molecule has 1 aromatic rings. The van der Waals surface area contributed by atoms with Crippen molar-refractivity contribution >= 4 is 15.7 Å². The van der Waals surface area contributed by atoms with Gasteiger partial charge in [0.15, 0.2) is 0 Å². The number of nitrogens with zero attached hydrogens (tertiary/aromatic N) is 1. The Bertz CT molecular complexity index is 431. The molecular weight excluding hydrogens is 219 g/mol. The van der Waals surface area contributed by atoms with Crippen molar-refractivity contribution in [3.63, 3.8) is 0 Å². The van der Waals surface area contributed by atoms with E-state index in [0.717, 1.165) is 0 Å². The normalized spacial score (nSPS) is 13.5. The molecule has 0 aliphatic rings. The number of nitrogens with one attached hydrogen (secondary N) is 1. The molecule has 4 nitrogen and oxygen atoms in total. The molecule has 0 saturated heterocycles. The summed E-state index contributed by atoms with van der Waals surface area (Å²) in [7, 11) is -3.33. The summed E-state index contributed by atoms with van der Waals surface area (Å²) in [6, 6.07) is 1.44. The van der Waals surface area contributed by atoms with Gasteiger partial charge >= 0.3 is 0 Å². The number of anilines is 1. The summed E-state index contributed by atoms with van der Waals surface area (Å²) in [5.74, 6) is -0.0254. The van der Waals surface area contributed by atoms with Crippen LogP contribution in [0.2, 0.25) is 0 Å². The van der Waals surface area contributed by atoms with Crippen LogP contribution in [0.4, 0.5) is 10.1 Å². The van der Waals surface area contributed by atoms with Gasteiger partial charge in [-0.1, -0.05) is 0 Å². The number of pyridine rings is 1. The zero-order valence-corrected chi connectivity index (χ0v) is 9.38. The molecule has 0 saturated carbocycles. The van der Waals surface area contributed by atoms with Crippen molar-refractivity contribution in [2.45, 2.75) is 20.0 Å². The van der Waals surface area contributed by atoms with E-state index >= 15 is 0 Å². The summed E-state index contributed by atoms with van der Waals surface area (Å²) in [6.07, 6.45) is 1.55. The molecule has 0 spiro atoms. The predicted octanol–water partition coefficient (Wildman–Crippen LogP) is 1.87. The molecule has 0 radical (unpaired) electrons. The number of hydrogen-bond donors (Lipinski definition) is 1. The standard InChI is InChI=1S/C9H13FN2O2S/c1-3-15(13,14)12-9-4-8(7(2)10)5-11-6-9/h4-7,12H,3H2,1-2H3/t7-/m0/s1. The average molecular weight is 232 g/mol. The van der Waals surface area contributed by atoms with E-state index in [0.29, 0.717) is 11.3 Å². The van der Waals surface area contributed by atoms with Crippen molar-refractivity contribution < 1.29 is 12.8 Å². The van der Waals surface area contributed by atoms with E-state index in [1.807, 2.05) is 0 Å². The fourth-order valence-corrected chi connectivity index (χ4v) is 1.60. The summed E-state index contributed by atoms with van der Waals surface area (Å²) in [6.45, 7) is 2.90. The molecule has 0 aliphatic carbocycles. The highest BCUT2D eigenvalue weighted by atomic mass is 32.2. The minimum absolute atomic E-state index is 0.0254. The summed E-state index contributed by atoms with van der Waals surface area (Å²) < 4.78 is 37.7. The van der Waals surface area contributed by atoms with Gasteiger partial charge < -0.3 is 0 Å². The molecule has 1 heterocycles. The lowest BCUT2D eigenvalue weighted by Gasteiger charge is -2.07. The van der Waals surface area contributed by atoms with E-state index < -0.39 is 16.2 Å². The van der Waals surface area contributed by atoms with E-state index in [-0.39, 0.29) is 5.75 Å². The van der Waals surface area contributed by atoms with Gasteiger partial charge in [-0.05, 0) is 19.9 Å². The SMILES string of the molecule is CCS(=O)(=O)Nc1cncc([C@H](C)F)c1. The first kappa shape index (κ1) is 11.9. The van der Waals surface area contributed by atoms with Crippen LogP contribution in [0.1, 0.15) is 25.6 Å². The highest BCUT2D eigenvalue weighted by Gasteiger charge is 2.09. The maximum absolute atomic E-state index is 12.9. The van der Waals surface area contributed by atoms with Crippen LogP contribution in [0.5, 0.6) is 0 Å². The van der Waals surface area contributed by atoms with Gasteiger partial charge in [0.05, 0.1) is 17.6 Å². The van der Waals surface area contributed by atoms with Crippen LogP contribution < -0.4 is 4.72 Å². The molecule has 84 valence electrons. The molecule has 1 atom stereocenters. The van der Waals surface area contributed by atoms with Crippen LogP contribution in [0.25, 0.3) is 0 Å². The third-order valence-electron chi connectivity index (χ3n) is 1.87. The topological polar surface area (TPSA) is 59.1 Å². The Morgan fingerprint density at radius 3 is 2.73 bits per heavy atom. The molecule has 1 aromatic heterocycles. The first-order valence-electron chi connectivity index (χ1n) is 4.54. The van der Waals surface area contributed by atoms with E-state index in [2.05, 4.69) is 9.71 Å². The minimum atomic E-state index is -3.33. The zero-order chi connectivity index (χ0) is 11.5. The number of aromatic nitrogens is 1. The molecule has 0 fully saturated rings. The Morgan fingerprint density at radius 1 is 1.53 bits per heavy atom. The first-order chi connectivity index (χ1) is 6.94. The van der Waals surface area contributed by atoms with E-state index in [4.69, 9.17) is 0 Å². The predicted molar refractivity (Wildman–Crippen MR) is 56.8 cm³/mol. The lowest BCUT2D eigenvalue weighted by atomic mass is 10.2. The molecule has 0 unspecified atom stereocenters. The Kier molecular flexibility index (Phi) is 3.62. The quantitative estimate of drug-likeness (QED) is 0.862. The lowest BCUT2D eigenvalue weighted by Crippen LogP contribution is -2.14. The van der Waals surface area contributed by atoms with Crippen LogP contribution in [-0.2, 0) is 10.0 Å². The van der Waals surface area contributed by atoms with Gasteiger partial charge in [0.25, 0.3) is 0 Å². The number of alkyl halides is 1. The molecule has 0 bridgehead atoms. The van der Waals surface area contributed by atoms with Gasteiger partial charge in [0, 0.05) is 11.8 Å².